The van der Waals surface area contributed by atoms with E-state index in [1.807, 2.05) is 0 Å². The second-order valence-corrected chi connectivity index (χ2v) is 5.09. The molecule has 1 nitrogen and oxygen atoms in total. The van der Waals surface area contributed by atoms with Gasteiger partial charge in [0.05, 0.1) is 4.32 Å². The molecule has 0 amide bonds. The smallest absolute Gasteiger partial charge is 0.0847 e. The first-order chi connectivity index (χ1) is 6.69. The average molecular weight is 256 g/mol. The molecule has 78 valence electrons. The minimum absolute atomic E-state index is 0.0184. The molecule has 14 heavy (non-hydrogen) atoms. The van der Waals surface area contributed by atoms with Gasteiger partial charge in [0.25, 0.3) is 0 Å². The summed E-state index contributed by atoms with van der Waals surface area (Å²) >= 11 is 3.74. The molecule has 0 saturated carbocycles. The molecule has 0 N–H and O–H groups in total. The van der Waals surface area contributed by atoms with Crippen molar-refractivity contribution < 1.29 is 0 Å². The van der Waals surface area contributed by atoms with Crippen LogP contribution in [0, 0.1) is 0 Å². The van der Waals surface area contributed by atoms with Crippen molar-refractivity contribution in [2.24, 2.45) is 4.99 Å². The number of nitrogens with zero attached hydrogens (tertiary/aromatic N) is 1. The first-order valence-electron chi connectivity index (χ1n) is 5.24. The number of hydrogen-bond donors (Lipinski definition) is 0. The predicted molar refractivity (Wildman–Crippen MR) is 67.4 cm³/mol. The molecule has 0 heterocycles. The first kappa shape index (κ1) is 11.7. The Labute approximate surface area is 95.1 Å². The van der Waals surface area contributed by atoms with Gasteiger partial charge in [-0.2, -0.15) is 0 Å². The minimum atomic E-state index is -0.0184. The molecule has 0 bridgehead atoms. The van der Waals surface area contributed by atoms with Crippen LogP contribution in [-0.4, -0.2) is 16.6 Å². The van der Waals surface area contributed by atoms with Crippen molar-refractivity contribution in [3.63, 3.8) is 0 Å². The van der Waals surface area contributed by atoms with E-state index in [1.54, 1.807) is 0 Å². The molecule has 0 aromatic heterocycles. The van der Waals surface area contributed by atoms with Crippen LogP contribution < -0.4 is 0 Å². The van der Waals surface area contributed by atoms with Crippen LogP contribution in [0.2, 0.25) is 0 Å². The Bertz CT molecular complexity index is 265. The Kier molecular flexibility index (Phi) is 4.59. The van der Waals surface area contributed by atoms with Gasteiger partial charge in [0.15, 0.2) is 0 Å². The van der Waals surface area contributed by atoms with E-state index in [4.69, 9.17) is 0 Å². The lowest BCUT2D eigenvalue weighted by atomic mass is 9.96. The molecule has 0 aliphatic heterocycles. The lowest BCUT2D eigenvalue weighted by molar-refractivity contribution is 0.799. The molecule has 0 spiro atoms. The maximum absolute atomic E-state index is 4.59. The zero-order valence-electron chi connectivity index (χ0n) is 8.96. The second kappa shape index (κ2) is 5.50. The van der Waals surface area contributed by atoms with Gasteiger partial charge in [-0.1, -0.05) is 53.6 Å². The molecule has 1 atom stereocenters. The second-order valence-electron chi connectivity index (χ2n) is 3.67. The zero-order valence-corrected chi connectivity index (χ0v) is 10.5. The Morgan fingerprint density at radius 1 is 1.50 bits per heavy atom. The van der Waals surface area contributed by atoms with E-state index in [-0.39, 0.29) is 4.32 Å². The van der Waals surface area contributed by atoms with Crippen molar-refractivity contribution >= 4 is 21.6 Å². The highest BCUT2D eigenvalue weighted by Crippen LogP contribution is 2.29. The van der Waals surface area contributed by atoms with Gasteiger partial charge >= 0.3 is 0 Å². The third-order valence-electron chi connectivity index (χ3n) is 2.48. The van der Waals surface area contributed by atoms with E-state index in [0.29, 0.717) is 0 Å². The van der Waals surface area contributed by atoms with E-state index in [2.05, 4.69) is 59.1 Å². The molecular formula is C12H18BrN. The zero-order chi connectivity index (χ0) is 10.4. The fraction of sp³-hybridized carbons (Fsp3) is 0.583. The van der Waals surface area contributed by atoms with Crippen LogP contribution in [0.4, 0.5) is 0 Å². The molecule has 0 fully saturated rings. The van der Waals surface area contributed by atoms with Crippen molar-refractivity contribution in [3.05, 3.63) is 24.3 Å². The summed E-state index contributed by atoms with van der Waals surface area (Å²) in [4.78, 5) is 4.59. The Morgan fingerprint density at radius 3 is 2.86 bits per heavy atom. The molecule has 1 aliphatic rings. The molecule has 0 aromatic rings. The maximum atomic E-state index is 4.59. The predicted octanol–water partition coefficient (Wildman–Crippen LogP) is 3.90. The van der Waals surface area contributed by atoms with Crippen LogP contribution in [0.3, 0.4) is 0 Å². The monoisotopic (exact) mass is 255 g/mol. The maximum Gasteiger partial charge on any atom is 0.0847 e. The van der Waals surface area contributed by atoms with E-state index in [9.17, 15) is 0 Å². The number of unbranched alkanes of at least 4 members (excludes halogenated alkanes) is 1. The Hall–Kier alpha value is -0.370. The molecule has 0 aromatic carbocycles. The first-order valence-corrected chi connectivity index (χ1v) is 6.03. The summed E-state index contributed by atoms with van der Waals surface area (Å²) in [5, 5.41) is 0. The van der Waals surface area contributed by atoms with Gasteiger partial charge in [-0.3, -0.25) is 4.99 Å². The SMILES string of the molecule is CCCCN=C(C)C1(Br)C=CC=CC1. The summed E-state index contributed by atoms with van der Waals surface area (Å²) in [7, 11) is 0. The molecular weight excluding hydrogens is 238 g/mol. The highest BCUT2D eigenvalue weighted by Gasteiger charge is 2.26. The highest BCUT2D eigenvalue weighted by molar-refractivity contribution is 9.10. The van der Waals surface area contributed by atoms with Crippen molar-refractivity contribution in [1.82, 2.24) is 0 Å². The summed E-state index contributed by atoms with van der Waals surface area (Å²) in [5.41, 5.74) is 1.19. The van der Waals surface area contributed by atoms with E-state index in [0.717, 1.165) is 13.0 Å². The third kappa shape index (κ3) is 3.09. The number of allylic oxidation sites excluding steroid dienone is 4. The van der Waals surface area contributed by atoms with Crippen LogP contribution >= 0.6 is 15.9 Å². The van der Waals surface area contributed by atoms with Crippen LogP contribution in [0.5, 0.6) is 0 Å². The summed E-state index contributed by atoms with van der Waals surface area (Å²) < 4.78 is -0.0184. The summed E-state index contributed by atoms with van der Waals surface area (Å²) in [6, 6.07) is 0. The number of rotatable bonds is 4. The largest absolute Gasteiger partial charge is 0.293 e. The lowest BCUT2D eigenvalue weighted by Gasteiger charge is -2.24. The Morgan fingerprint density at radius 2 is 2.29 bits per heavy atom. The highest BCUT2D eigenvalue weighted by atomic mass is 79.9. The fourth-order valence-electron chi connectivity index (χ4n) is 1.40. The summed E-state index contributed by atoms with van der Waals surface area (Å²) in [5.74, 6) is 0. The van der Waals surface area contributed by atoms with Crippen LogP contribution in [-0.2, 0) is 0 Å². The molecule has 1 unspecified atom stereocenters. The van der Waals surface area contributed by atoms with Gasteiger partial charge in [0.1, 0.15) is 0 Å². The normalized spacial score (nSPS) is 26.9. The van der Waals surface area contributed by atoms with Gasteiger partial charge in [0.2, 0.25) is 0 Å². The van der Waals surface area contributed by atoms with Crippen molar-refractivity contribution in [1.29, 1.82) is 0 Å². The van der Waals surface area contributed by atoms with Gasteiger partial charge in [0, 0.05) is 12.3 Å². The standard InChI is InChI=1S/C12H18BrN/c1-3-4-10-14-11(2)12(13)8-6-5-7-9-12/h5-8H,3-4,9-10H2,1-2H3. The van der Waals surface area contributed by atoms with Crippen molar-refractivity contribution in [2.45, 2.75) is 37.4 Å². The van der Waals surface area contributed by atoms with Crippen molar-refractivity contribution in [3.8, 4) is 0 Å². The van der Waals surface area contributed by atoms with E-state index in [1.165, 1.54) is 18.6 Å². The topological polar surface area (TPSA) is 12.4 Å². The van der Waals surface area contributed by atoms with Crippen LogP contribution in [0.25, 0.3) is 0 Å². The van der Waals surface area contributed by atoms with E-state index >= 15 is 0 Å². The van der Waals surface area contributed by atoms with Gasteiger partial charge < -0.3 is 0 Å². The molecule has 2 heteroatoms. The third-order valence-corrected chi connectivity index (χ3v) is 3.65. The Balaban J connectivity index is 2.58. The van der Waals surface area contributed by atoms with Crippen LogP contribution in [0.15, 0.2) is 29.3 Å². The van der Waals surface area contributed by atoms with Crippen LogP contribution in [0.1, 0.15) is 33.1 Å². The molecule has 1 rings (SSSR count). The average Bonchev–Trinajstić information content (AvgIpc) is 2.19. The summed E-state index contributed by atoms with van der Waals surface area (Å²) in [6.45, 7) is 5.25. The fourth-order valence-corrected chi connectivity index (χ4v) is 1.86. The van der Waals surface area contributed by atoms with Gasteiger partial charge in [-0.05, 0) is 19.8 Å². The summed E-state index contributed by atoms with van der Waals surface area (Å²) in [6.07, 6.45) is 11.9. The van der Waals surface area contributed by atoms with E-state index < -0.39 is 0 Å². The number of hydrogen-bond acceptors (Lipinski definition) is 1. The molecule has 0 saturated heterocycles. The van der Waals surface area contributed by atoms with Gasteiger partial charge in [-0.25, -0.2) is 0 Å². The van der Waals surface area contributed by atoms with Crippen molar-refractivity contribution in [2.75, 3.05) is 6.54 Å². The number of aliphatic imine (C=N–C) groups is 1. The molecule has 0 radical (unpaired) electrons. The number of halogens is 1. The minimum Gasteiger partial charge on any atom is -0.293 e. The molecule has 1 aliphatic carbocycles. The lowest BCUT2D eigenvalue weighted by Crippen LogP contribution is -2.28. The van der Waals surface area contributed by atoms with Gasteiger partial charge in [-0.15, -0.1) is 0 Å². The quantitative estimate of drug-likeness (QED) is 0.411. The number of alkyl halides is 1.